The van der Waals surface area contributed by atoms with Gasteiger partial charge in [-0.1, -0.05) is 36.4 Å². The molecule has 2 atom stereocenters. The van der Waals surface area contributed by atoms with Gasteiger partial charge in [-0.25, -0.2) is 0 Å². The molecule has 1 aliphatic rings. The first-order valence-corrected chi connectivity index (χ1v) is 12.5. The van der Waals surface area contributed by atoms with Crippen LogP contribution >= 0.6 is 0 Å². The van der Waals surface area contributed by atoms with Gasteiger partial charge in [-0.3, -0.25) is 0 Å². The maximum Gasteiger partial charge on any atom is 0.123 e. The highest BCUT2D eigenvalue weighted by Gasteiger charge is 2.28. The van der Waals surface area contributed by atoms with Crippen molar-refractivity contribution in [3.05, 3.63) is 60.7 Å². The number of hydrogen-bond donors (Lipinski definition) is 0. The molecule has 1 saturated heterocycles. The molecule has 0 aromatic heterocycles. The molecule has 0 unspecified atom stereocenters. The smallest absolute Gasteiger partial charge is 0.123 e. The van der Waals surface area contributed by atoms with Crippen molar-refractivity contribution in [2.24, 2.45) is 0 Å². The van der Waals surface area contributed by atoms with E-state index in [0.717, 1.165) is 11.5 Å². The molecule has 0 radical (unpaired) electrons. The Balaban J connectivity index is 1.48. The quantitative estimate of drug-likeness (QED) is 0.589. The van der Waals surface area contributed by atoms with Crippen LogP contribution < -0.4 is 9.47 Å². The van der Waals surface area contributed by atoms with Crippen molar-refractivity contribution in [2.75, 3.05) is 79.3 Å². The molecular formula is C28H40O8. The molecule has 1 heterocycles. The van der Waals surface area contributed by atoms with Crippen molar-refractivity contribution < 1.29 is 37.9 Å². The van der Waals surface area contributed by atoms with Crippen molar-refractivity contribution in [1.29, 1.82) is 0 Å². The fraction of sp³-hybridized carbons (Fsp3) is 0.571. The molecule has 2 aromatic carbocycles. The monoisotopic (exact) mass is 504 g/mol. The summed E-state index contributed by atoms with van der Waals surface area (Å²) in [5.74, 6) is 1.58. The van der Waals surface area contributed by atoms with E-state index in [0.29, 0.717) is 79.3 Å². The minimum atomic E-state index is -0.627. The lowest BCUT2D eigenvalue weighted by Gasteiger charge is -2.30. The number of hydrogen-bond acceptors (Lipinski definition) is 8. The van der Waals surface area contributed by atoms with Crippen LogP contribution in [0.5, 0.6) is 11.5 Å². The van der Waals surface area contributed by atoms with Crippen LogP contribution in [0.2, 0.25) is 0 Å². The Labute approximate surface area is 214 Å². The summed E-state index contributed by atoms with van der Waals surface area (Å²) in [6.07, 6.45) is 0. The molecule has 200 valence electrons. The first kappa shape index (κ1) is 28.4. The summed E-state index contributed by atoms with van der Waals surface area (Å²) in [5, 5.41) is 0. The highest BCUT2D eigenvalue weighted by atomic mass is 16.6. The average Bonchev–Trinajstić information content (AvgIpc) is 2.90. The van der Waals surface area contributed by atoms with Gasteiger partial charge in [0.05, 0.1) is 66.1 Å². The van der Waals surface area contributed by atoms with E-state index in [2.05, 4.69) is 0 Å². The van der Waals surface area contributed by atoms with E-state index < -0.39 is 11.2 Å². The van der Waals surface area contributed by atoms with Gasteiger partial charge in [0.2, 0.25) is 0 Å². The minimum Gasteiger partial charge on any atom is -0.491 e. The van der Waals surface area contributed by atoms with Gasteiger partial charge in [-0.05, 0) is 38.1 Å². The van der Waals surface area contributed by atoms with Gasteiger partial charge < -0.3 is 37.9 Å². The van der Waals surface area contributed by atoms with Gasteiger partial charge in [-0.2, -0.15) is 0 Å². The highest BCUT2D eigenvalue weighted by molar-refractivity contribution is 5.21. The van der Waals surface area contributed by atoms with E-state index in [1.54, 1.807) is 0 Å². The van der Waals surface area contributed by atoms with Crippen molar-refractivity contribution >= 4 is 0 Å². The highest BCUT2D eigenvalue weighted by Crippen LogP contribution is 2.18. The Bertz CT molecular complexity index is 753. The van der Waals surface area contributed by atoms with Crippen molar-refractivity contribution in [2.45, 2.75) is 25.0 Å². The number of ether oxygens (including phenoxy) is 8. The van der Waals surface area contributed by atoms with Crippen LogP contribution in [0.4, 0.5) is 0 Å². The summed E-state index contributed by atoms with van der Waals surface area (Å²) >= 11 is 0. The minimum absolute atomic E-state index is 0.356. The molecule has 0 spiro atoms. The second kappa shape index (κ2) is 15.8. The van der Waals surface area contributed by atoms with Crippen LogP contribution in [0.25, 0.3) is 0 Å². The van der Waals surface area contributed by atoms with Crippen molar-refractivity contribution in [3.8, 4) is 11.5 Å². The lowest BCUT2D eigenvalue weighted by molar-refractivity contribution is -0.139. The van der Waals surface area contributed by atoms with Crippen LogP contribution in [0.15, 0.2) is 60.7 Å². The molecule has 1 aliphatic heterocycles. The van der Waals surface area contributed by atoms with Crippen LogP contribution in [0.3, 0.4) is 0 Å². The zero-order chi connectivity index (χ0) is 25.4. The molecule has 36 heavy (non-hydrogen) atoms. The number of para-hydroxylation sites is 2. The van der Waals surface area contributed by atoms with Gasteiger partial charge in [0.1, 0.15) is 35.9 Å². The van der Waals surface area contributed by atoms with Crippen LogP contribution in [0, 0.1) is 0 Å². The SMILES string of the molecule is C[C@@]1(COc2ccccc2)COCCOCCOC[C@@](C)(COc2ccccc2)OCCOCCO1. The molecular weight excluding hydrogens is 464 g/mol. The van der Waals surface area contributed by atoms with E-state index >= 15 is 0 Å². The van der Waals surface area contributed by atoms with Gasteiger partial charge in [0, 0.05) is 0 Å². The molecule has 0 N–H and O–H groups in total. The molecule has 8 nitrogen and oxygen atoms in total. The van der Waals surface area contributed by atoms with Gasteiger partial charge in [0.25, 0.3) is 0 Å². The third-order valence-electron chi connectivity index (χ3n) is 5.49. The molecule has 2 aromatic rings. The number of benzene rings is 2. The average molecular weight is 505 g/mol. The van der Waals surface area contributed by atoms with Crippen molar-refractivity contribution in [3.63, 3.8) is 0 Å². The zero-order valence-electron chi connectivity index (χ0n) is 21.5. The first-order valence-electron chi connectivity index (χ1n) is 12.5. The second-order valence-electron chi connectivity index (χ2n) is 9.13. The summed E-state index contributed by atoms with van der Waals surface area (Å²) in [5.41, 5.74) is -1.25. The Morgan fingerprint density at radius 2 is 0.889 bits per heavy atom. The summed E-state index contributed by atoms with van der Waals surface area (Å²) in [4.78, 5) is 0. The Kier molecular flexibility index (Phi) is 12.5. The first-order chi connectivity index (χ1) is 17.6. The summed E-state index contributed by atoms with van der Waals surface area (Å²) in [6, 6.07) is 19.3. The summed E-state index contributed by atoms with van der Waals surface area (Å²) in [6.45, 7) is 8.93. The zero-order valence-corrected chi connectivity index (χ0v) is 21.5. The molecule has 8 heteroatoms. The van der Waals surface area contributed by atoms with Gasteiger partial charge >= 0.3 is 0 Å². The van der Waals surface area contributed by atoms with Crippen LogP contribution in [-0.2, 0) is 28.4 Å². The van der Waals surface area contributed by atoms with Crippen molar-refractivity contribution in [1.82, 2.24) is 0 Å². The van der Waals surface area contributed by atoms with E-state index in [1.165, 1.54) is 0 Å². The topological polar surface area (TPSA) is 73.8 Å². The van der Waals surface area contributed by atoms with E-state index in [-0.39, 0.29) is 0 Å². The third kappa shape index (κ3) is 11.2. The van der Waals surface area contributed by atoms with Crippen LogP contribution in [0.1, 0.15) is 13.8 Å². The van der Waals surface area contributed by atoms with Crippen LogP contribution in [-0.4, -0.2) is 90.5 Å². The predicted octanol–water partition coefficient (Wildman–Crippen LogP) is 3.78. The lowest BCUT2D eigenvalue weighted by Crippen LogP contribution is -2.43. The standard InChI is InChI=1S/C28H40O8/c1-27(23-33-25-9-5-3-6-10-25)21-31-15-13-29-14-16-32-22-28(2,36-20-18-30-17-19-35-27)24-34-26-11-7-4-8-12-26/h3-12H,13-24H2,1-2H3/t27-,28-/m0/s1. The fourth-order valence-corrected chi connectivity index (χ4v) is 3.47. The molecule has 3 rings (SSSR count). The molecule has 0 bridgehead atoms. The largest absolute Gasteiger partial charge is 0.491 e. The fourth-order valence-electron chi connectivity index (χ4n) is 3.47. The molecule has 0 saturated carbocycles. The van der Waals surface area contributed by atoms with Gasteiger partial charge in [-0.15, -0.1) is 0 Å². The van der Waals surface area contributed by atoms with E-state index in [1.807, 2.05) is 74.5 Å². The number of rotatable bonds is 6. The Morgan fingerprint density at radius 3 is 1.31 bits per heavy atom. The van der Waals surface area contributed by atoms with E-state index in [4.69, 9.17) is 37.9 Å². The molecule has 1 fully saturated rings. The predicted molar refractivity (Wildman–Crippen MR) is 136 cm³/mol. The summed E-state index contributed by atoms with van der Waals surface area (Å²) in [7, 11) is 0. The second-order valence-corrected chi connectivity index (χ2v) is 9.13. The Morgan fingerprint density at radius 1 is 0.528 bits per heavy atom. The normalized spacial score (nSPS) is 25.8. The van der Waals surface area contributed by atoms with E-state index in [9.17, 15) is 0 Å². The molecule has 0 aliphatic carbocycles. The lowest BCUT2D eigenvalue weighted by atomic mass is 10.1. The third-order valence-corrected chi connectivity index (χ3v) is 5.49. The summed E-state index contributed by atoms with van der Waals surface area (Å²) < 4.78 is 47.2. The van der Waals surface area contributed by atoms with Gasteiger partial charge in [0.15, 0.2) is 0 Å². The maximum absolute atomic E-state index is 6.13. The maximum atomic E-state index is 6.13. The molecule has 0 amide bonds. The Hall–Kier alpha value is -2.20.